The minimum atomic E-state index is -4.52. The average Bonchev–Trinajstić information content (AvgIpc) is 2.67. The van der Waals surface area contributed by atoms with Crippen LogP contribution in [0.2, 0.25) is 5.02 Å². The van der Waals surface area contributed by atoms with Gasteiger partial charge in [-0.1, -0.05) is 23.8 Å². The molecule has 0 saturated carbocycles. The van der Waals surface area contributed by atoms with E-state index in [2.05, 4.69) is 17.3 Å². The maximum Gasteiger partial charge on any atom is 0.417 e. The molecule has 0 bridgehead atoms. The molecule has 20 heavy (non-hydrogen) atoms. The summed E-state index contributed by atoms with van der Waals surface area (Å²) in [5.41, 5.74) is 5.23. The van der Waals surface area contributed by atoms with E-state index in [-0.39, 0.29) is 10.6 Å². The van der Waals surface area contributed by atoms with Crippen molar-refractivity contribution in [1.29, 1.82) is 0 Å². The third-order valence-electron chi connectivity index (χ3n) is 2.68. The quantitative estimate of drug-likeness (QED) is 0.862. The summed E-state index contributed by atoms with van der Waals surface area (Å²) < 4.78 is 39.9. The fourth-order valence-corrected chi connectivity index (χ4v) is 2.00. The molecule has 0 saturated heterocycles. The topological polar surface area (TPSA) is 43.8 Å². The summed E-state index contributed by atoms with van der Waals surface area (Å²) in [6.07, 6.45) is -3.02. The average molecular weight is 320 g/mol. The molecule has 3 nitrogen and oxygen atoms in total. The Balaban J connectivity index is 2.59. The molecule has 106 valence electrons. The minimum absolute atomic E-state index is 0.241. The second-order valence-electron chi connectivity index (χ2n) is 4.10. The molecule has 0 aliphatic rings. The van der Waals surface area contributed by atoms with Gasteiger partial charge in [0.25, 0.3) is 0 Å². The van der Waals surface area contributed by atoms with E-state index in [4.69, 9.17) is 17.3 Å². The van der Waals surface area contributed by atoms with E-state index in [1.165, 1.54) is 23.0 Å². The zero-order valence-electron chi connectivity index (χ0n) is 10.2. The van der Waals surface area contributed by atoms with E-state index in [9.17, 15) is 13.2 Å². The fourth-order valence-electron chi connectivity index (χ4n) is 1.70. The highest BCUT2D eigenvalue weighted by Crippen LogP contribution is 2.33. The maximum absolute atomic E-state index is 12.9. The SMILES string of the molecule is Cc1nn(-c2ccc(C(F)(F)F)c(C(N)=S)c2)cc1Cl. The molecule has 0 fully saturated rings. The highest BCUT2D eigenvalue weighted by molar-refractivity contribution is 7.80. The first-order valence-corrected chi connectivity index (χ1v) is 6.22. The van der Waals surface area contributed by atoms with Gasteiger partial charge in [-0.3, -0.25) is 0 Å². The van der Waals surface area contributed by atoms with Gasteiger partial charge in [0, 0.05) is 11.8 Å². The number of nitrogens with two attached hydrogens (primary N) is 1. The Morgan fingerprint density at radius 3 is 2.50 bits per heavy atom. The Hall–Kier alpha value is -1.60. The molecular weight excluding hydrogens is 311 g/mol. The van der Waals surface area contributed by atoms with Crippen molar-refractivity contribution in [3.63, 3.8) is 0 Å². The number of halogens is 4. The zero-order valence-corrected chi connectivity index (χ0v) is 11.8. The Bertz CT molecular complexity index is 660. The fraction of sp³-hybridized carbons (Fsp3) is 0.167. The maximum atomic E-state index is 12.9. The van der Waals surface area contributed by atoms with E-state index in [0.717, 1.165) is 6.07 Å². The monoisotopic (exact) mass is 319 g/mol. The third kappa shape index (κ3) is 2.78. The molecule has 0 amide bonds. The lowest BCUT2D eigenvalue weighted by molar-refractivity contribution is -0.137. The van der Waals surface area contributed by atoms with Crippen molar-refractivity contribution >= 4 is 28.8 Å². The number of aromatic nitrogens is 2. The van der Waals surface area contributed by atoms with Crippen LogP contribution in [0.5, 0.6) is 0 Å². The van der Waals surface area contributed by atoms with Gasteiger partial charge < -0.3 is 5.73 Å². The van der Waals surface area contributed by atoms with Crippen LogP contribution in [0.1, 0.15) is 16.8 Å². The summed E-state index contributed by atoms with van der Waals surface area (Å²) in [4.78, 5) is -0.325. The lowest BCUT2D eigenvalue weighted by Gasteiger charge is -2.13. The van der Waals surface area contributed by atoms with Crippen molar-refractivity contribution < 1.29 is 13.2 Å². The van der Waals surface area contributed by atoms with Crippen LogP contribution in [0, 0.1) is 6.92 Å². The van der Waals surface area contributed by atoms with Gasteiger partial charge in [-0.05, 0) is 25.1 Å². The molecule has 0 spiro atoms. The van der Waals surface area contributed by atoms with Gasteiger partial charge in [-0.2, -0.15) is 18.3 Å². The molecule has 0 atom stereocenters. The smallest absolute Gasteiger partial charge is 0.389 e. The number of hydrogen-bond acceptors (Lipinski definition) is 2. The van der Waals surface area contributed by atoms with Crippen LogP contribution in [0.15, 0.2) is 24.4 Å². The minimum Gasteiger partial charge on any atom is -0.389 e. The molecule has 0 aliphatic heterocycles. The van der Waals surface area contributed by atoms with E-state index in [1.54, 1.807) is 6.92 Å². The van der Waals surface area contributed by atoms with Crippen LogP contribution in [-0.2, 0) is 6.18 Å². The number of rotatable bonds is 2. The molecule has 2 aromatic rings. The summed E-state index contributed by atoms with van der Waals surface area (Å²) in [6, 6.07) is 3.45. The van der Waals surface area contributed by atoms with Gasteiger partial charge in [0.15, 0.2) is 0 Å². The Morgan fingerprint density at radius 2 is 2.05 bits per heavy atom. The number of benzene rings is 1. The first-order chi connectivity index (χ1) is 9.20. The predicted molar refractivity (Wildman–Crippen MR) is 74.2 cm³/mol. The van der Waals surface area contributed by atoms with Gasteiger partial charge in [-0.25, -0.2) is 4.68 Å². The highest BCUT2D eigenvalue weighted by atomic mass is 35.5. The van der Waals surface area contributed by atoms with Crippen molar-refractivity contribution in [2.45, 2.75) is 13.1 Å². The summed E-state index contributed by atoms with van der Waals surface area (Å²) in [5, 5.41) is 4.51. The van der Waals surface area contributed by atoms with E-state index in [0.29, 0.717) is 16.4 Å². The number of hydrogen-bond donors (Lipinski definition) is 1. The highest BCUT2D eigenvalue weighted by Gasteiger charge is 2.34. The predicted octanol–water partition coefficient (Wildman–Crippen LogP) is 3.49. The van der Waals surface area contributed by atoms with Crippen molar-refractivity contribution in [2.24, 2.45) is 5.73 Å². The number of alkyl halides is 3. The van der Waals surface area contributed by atoms with Gasteiger partial charge in [-0.15, -0.1) is 0 Å². The molecule has 1 heterocycles. The van der Waals surface area contributed by atoms with Gasteiger partial charge in [0.05, 0.1) is 22.0 Å². The third-order valence-corrected chi connectivity index (χ3v) is 3.27. The second-order valence-corrected chi connectivity index (χ2v) is 4.95. The largest absolute Gasteiger partial charge is 0.417 e. The van der Waals surface area contributed by atoms with E-state index in [1.807, 2.05) is 0 Å². The normalized spacial score (nSPS) is 11.7. The molecule has 0 aliphatic carbocycles. The number of nitrogens with zero attached hydrogens (tertiary/aromatic N) is 2. The standard InChI is InChI=1S/C12H9ClF3N3S/c1-6-10(13)5-19(18-6)7-2-3-9(12(14,15)16)8(4-7)11(17)20/h2-5H,1H3,(H2,17,20). The summed E-state index contributed by atoms with van der Waals surface area (Å²) >= 11 is 10.6. The Kier molecular flexibility index (Phi) is 3.75. The molecular formula is C12H9ClF3N3S. The van der Waals surface area contributed by atoms with Crippen LogP contribution >= 0.6 is 23.8 Å². The zero-order chi connectivity index (χ0) is 15.1. The van der Waals surface area contributed by atoms with Gasteiger partial charge >= 0.3 is 6.18 Å². The van der Waals surface area contributed by atoms with Crippen LogP contribution in [0.25, 0.3) is 5.69 Å². The van der Waals surface area contributed by atoms with Crippen LogP contribution < -0.4 is 5.73 Å². The Labute approximate surface area is 123 Å². The van der Waals surface area contributed by atoms with E-state index >= 15 is 0 Å². The summed E-state index contributed by atoms with van der Waals surface area (Å²) in [5.74, 6) is 0. The summed E-state index contributed by atoms with van der Waals surface area (Å²) in [7, 11) is 0. The molecule has 1 aromatic carbocycles. The summed E-state index contributed by atoms with van der Waals surface area (Å²) in [6.45, 7) is 1.69. The first-order valence-electron chi connectivity index (χ1n) is 5.43. The molecule has 2 N–H and O–H groups in total. The van der Waals surface area contributed by atoms with Crippen molar-refractivity contribution in [3.05, 3.63) is 46.2 Å². The van der Waals surface area contributed by atoms with Crippen LogP contribution in [0.3, 0.4) is 0 Å². The van der Waals surface area contributed by atoms with Crippen LogP contribution in [-0.4, -0.2) is 14.8 Å². The number of thiocarbonyl (C=S) groups is 1. The van der Waals surface area contributed by atoms with Crippen LogP contribution in [0.4, 0.5) is 13.2 Å². The van der Waals surface area contributed by atoms with Crippen molar-refractivity contribution in [1.82, 2.24) is 9.78 Å². The molecule has 2 rings (SSSR count). The van der Waals surface area contributed by atoms with Crippen molar-refractivity contribution in [3.8, 4) is 5.69 Å². The molecule has 0 radical (unpaired) electrons. The van der Waals surface area contributed by atoms with E-state index < -0.39 is 11.7 Å². The lowest BCUT2D eigenvalue weighted by Crippen LogP contribution is -2.18. The van der Waals surface area contributed by atoms with Gasteiger partial charge in [0.2, 0.25) is 0 Å². The lowest BCUT2D eigenvalue weighted by atomic mass is 10.1. The molecule has 8 heteroatoms. The second kappa shape index (κ2) is 5.06. The first kappa shape index (κ1) is 14.8. The Morgan fingerprint density at radius 1 is 1.40 bits per heavy atom. The molecule has 1 aromatic heterocycles. The van der Waals surface area contributed by atoms with Crippen molar-refractivity contribution in [2.75, 3.05) is 0 Å². The number of aryl methyl sites for hydroxylation is 1. The van der Waals surface area contributed by atoms with Gasteiger partial charge in [0.1, 0.15) is 4.99 Å². The molecule has 0 unspecified atom stereocenters.